The second-order valence-electron chi connectivity index (χ2n) is 5.79. The largest absolute Gasteiger partial charge is 0.386 e. The summed E-state index contributed by atoms with van der Waals surface area (Å²) < 4.78 is 0. The third-order valence-corrected chi connectivity index (χ3v) is 4.12. The summed E-state index contributed by atoms with van der Waals surface area (Å²) >= 11 is 0. The van der Waals surface area contributed by atoms with Crippen LogP contribution in [0.15, 0.2) is 29.4 Å². The Bertz CT molecular complexity index is 503. The lowest BCUT2D eigenvalue weighted by Crippen LogP contribution is -2.48. The first-order valence-corrected chi connectivity index (χ1v) is 7.61. The molecule has 1 saturated heterocycles. The molecule has 1 aliphatic rings. The molecule has 2 rings (SSSR count). The number of benzene rings is 1. The zero-order valence-electron chi connectivity index (χ0n) is 13.1. The van der Waals surface area contributed by atoms with Gasteiger partial charge in [0.2, 0.25) is 0 Å². The van der Waals surface area contributed by atoms with Crippen molar-refractivity contribution in [2.75, 3.05) is 6.61 Å². The zero-order valence-corrected chi connectivity index (χ0v) is 13.1. The highest BCUT2D eigenvalue weighted by molar-refractivity contribution is 5.81. The van der Waals surface area contributed by atoms with Crippen LogP contribution in [0.1, 0.15) is 44.2 Å². The molecule has 0 aliphatic carbocycles. The Kier molecular flexibility index (Phi) is 5.37. The summed E-state index contributed by atoms with van der Waals surface area (Å²) in [5.41, 5.74) is 2.14. The standard InChI is InChI=1S/C17H24N2O2/c1-13-7-4-5-10-16(13)11-18-21-12-17(20)19-14(2)8-6-9-15(19)3/h4-5,7,10-11,14-15H,6,8-9,12H2,1-3H3/t14-,15-/m0/s1. The number of amides is 1. The molecule has 21 heavy (non-hydrogen) atoms. The van der Waals surface area contributed by atoms with E-state index in [1.807, 2.05) is 36.1 Å². The van der Waals surface area contributed by atoms with E-state index in [-0.39, 0.29) is 12.5 Å². The van der Waals surface area contributed by atoms with Crippen LogP contribution in [0.3, 0.4) is 0 Å². The van der Waals surface area contributed by atoms with Gasteiger partial charge in [-0.1, -0.05) is 29.4 Å². The zero-order chi connectivity index (χ0) is 15.2. The lowest BCUT2D eigenvalue weighted by molar-refractivity contribution is -0.142. The van der Waals surface area contributed by atoms with Gasteiger partial charge in [-0.2, -0.15) is 0 Å². The van der Waals surface area contributed by atoms with Crippen molar-refractivity contribution >= 4 is 12.1 Å². The Morgan fingerprint density at radius 3 is 2.67 bits per heavy atom. The van der Waals surface area contributed by atoms with Crippen molar-refractivity contribution in [1.82, 2.24) is 4.90 Å². The summed E-state index contributed by atoms with van der Waals surface area (Å²) in [6, 6.07) is 8.52. The first kappa shape index (κ1) is 15.5. The van der Waals surface area contributed by atoms with Crippen molar-refractivity contribution in [1.29, 1.82) is 0 Å². The van der Waals surface area contributed by atoms with E-state index in [0.717, 1.165) is 24.0 Å². The SMILES string of the molecule is Cc1ccccc1C=NOCC(=O)N1[C@@H](C)CCC[C@@H]1C. The molecule has 2 atom stereocenters. The highest BCUT2D eigenvalue weighted by Gasteiger charge is 2.28. The summed E-state index contributed by atoms with van der Waals surface area (Å²) in [7, 11) is 0. The normalized spacial score (nSPS) is 22.5. The molecule has 114 valence electrons. The number of hydrogen-bond donors (Lipinski definition) is 0. The maximum atomic E-state index is 12.2. The molecule has 1 amide bonds. The molecule has 0 N–H and O–H groups in total. The van der Waals surface area contributed by atoms with Gasteiger partial charge in [0.1, 0.15) is 0 Å². The van der Waals surface area contributed by atoms with Gasteiger partial charge in [0.15, 0.2) is 6.61 Å². The van der Waals surface area contributed by atoms with Crippen molar-refractivity contribution in [3.8, 4) is 0 Å². The Morgan fingerprint density at radius 2 is 2.00 bits per heavy atom. The van der Waals surface area contributed by atoms with Gasteiger partial charge in [0.05, 0.1) is 6.21 Å². The second-order valence-corrected chi connectivity index (χ2v) is 5.79. The number of carbonyl (C=O) groups is 1. The van der Waals surface area contributed by atoms with Crippen LogP contribution < -0.4 is 0 Å². The third-order valence-electron chi connectivity index (χ3n) is 4.12. The molecule has 0 bridgehead atoms. The highest BCUT2D eigenvalue weighted by atomic mass is 16.6. The molecule has 1 aliphatic heterocycles. The fourth-order valence-corrected chi connectivity index (χ4v) is 2.91. The van der Waals surface area contributed by atoms with Gasteiger partial charge < -0.3 is 9.74 Å². The summed E-state index contributed by atoms with van der Waals surface area (Å²) in [6.07, 6.45) is 5.00. The molecule has 1 heterocycles. The van der Waals surface area contributed by atoms with Gasteiger partial charge in [-0.3, -0.25) is 4.79 Å². The average Bonchev–Trinajstić information content (AvgIpc) is 2.45. The number of oxime groups is 1. The van der Waals surface area contributed by atoms with Gasteiger partial charge in [-0.25, -0.2) is 0 Å². The summed E-state index contributed by atoms with van der Waals surface area (Å²) in [6.45, 7) is 6.23. The number of piperidine rings is 1. The van der Waals surface area contributed by atoms with Gasteiger partial charge in [-0.15, -0.1) is 0 Å². The van der Waals surface area contributed by atoms with Crippen LogP contribution in [-0.2, 0) is 9.63 Å². The first-order valence-electron chi connectivity index (χ1n) is 7.61. The molecule has 1 aromatic carbocycles. The number of rotatable bonds is 4. The number of likely N-dealkylation sites (tertiary alicyclic amines) is 1. The predicted octanol–water partition coefficient (Wildman–Crippen LogP) is 3.14. The van der Waals surface area contributed by atoms with Gasteiger partial charge in [-0.05, 0) is 51.2 Å². The number of nitrogens with zero attached hydrogens (tertiary/aromatic N) is 2. The molecule has 1 aromatic rings. The van der Waals surface area contributed by atoms with Crippen LogP contribution in [-0.4, -0.2) is 35.7 Å². The number of hydrogen-bond acceptors (Lipinski definition) is 3. The van der Waals surface area contributed by atoms with Crippen molar-refractivity contribution in [2.45, 2.75) is 52.1 Å². The van der Waals surface area contributed by atoms with Crippen LogP contribution in [0.5, 0.6) is 0 Å². The van der Waals surface area contributed by atoms with E-state index in [1.54, 1.807) is 6.21 Å². The third kappa shape index (κ3) is 4.06. The van der Waals surface area contributed by atoms with Gasteiger partial charge >= 0.3 is 0 Å². The fraction of sp³-hybridized carbons (Fsp3) is 0.529. The monoisotopic (exact) mass is 288 g/mol. The fourth-order valence-electron chi connectivity index (χ4n) is 2.91. The Hall–Kier alpha value is -1.84. The topological polar surface area (TPSA) is 41.9 Å². The average molecular weight is 288 g/mol. The van der Waals surface area contributed by atoms with Crippen LogP contribution >= 0.6 is 0 Å². The van der Waals surface area contributed by atoms with Crippen LogP contribution in [0.25, 0.3) is 0 Å². The highest BCUT2D eigenvalue weighted by Crippen LogP contribution is 2.22. The first-order chi connectivity index (χ1) is 10.1. The molecular weight excluding hydrogens is 264 g/mol. The van der Waals surface area contributed by atoms with Gasteiger partial charge in [0.25, 0.3) is 5.91 Å². The smallest absolute Gasteiger partial charge is 0.263 e. The summed E-state index contributed by atoms with van der Waals surface area (Å²) in [4.78, 5) is 19.3. The minimum Gasteiger partial charge on any atom is -0.386 e. The molecule has 0 unspecified atom stereocenters. The lowest BCUT2D eigenvalue weighted by atomic mass is 9.97. The van der Waals surface area contributed by atoms with Crippen molar-refractivity contribution in [3.63, 3.8) is 0 Å². The molecular formula is C17H24N2O2. The summed E-state index contributed by atoms with van der Waals surface area (Å²) in [5, 5.41) is 3.91. The molecule has 0 spiro atoms. The van der Waals surface area contributed by atoms with Crippen LogP contribution in [0.2, 0.25) is 0 Å². The maximum Gasteiger partial charge on any atom is 0.263 e. The van der Waals surface area contributed by atoms with E-state index in [1.165, 1.54) is 6.42 Å². The van der Waals surface area contributed by atoms with Crippen LogP contribution in [0, 0.1) is 6.92 Å². The molecule has 0 radical (unpaired) electrons. The van der Waals surface area contributed by atoms with Crippen LogP contribution in [0.4, 0.5) is 0 Å². The minimum absolute atomic E-state index is 0.0110. The van der Waals surface area contributed by atoms with Crippen molar-refractivity contribution < 1.29 is 9.63 Å². The minimum atomic E-state index is 0.0110. The summed E-state index contributed by atoms with van der Waals surface area (Å²) in [5.74, 6) is 0.0247. The van der Waals surface area contributed by atoms with E-state index in [4.69, 9.17) is 4.84 Å². The van der Waals surface area contributed by atoms with Crippen molar-refractivity contribution in [2.24, 2.45) is 5.16 Å². The second kappa shape index (κ2) is 7.25. The molecule has 0 saturated carbocycles. The van der Waals surface area contributed by atoms with E-state index in [2.05, 4.69) is 19.0 Å². The van der Waals surface area contributed by atoms with E-state index >= 15 is 0 Å². The molecule has 0 aromatic heterocycles. The van der Waals surface area contributed by atoms with Crippen molar-refractivity contribution in [3.05, 3.63) is 35.4 Å². The van der Waals surface area contributed by atoms with Gasteiger partial charge in [0, 0.05) is 12.1 Å². The quantitative estimate of drug-likeness (QED) is 0.631. The Labute approximate surface area is 126 Å². The predicted molar refractivity (Wildman–Crippen MR) is 84.3 cm³/mol. The maximum absolute atomic E-state index is 12.2. The Morgan fingerprint density at radius 1 is 1.33 bits per heavy atom. The Balaban J connectivity index is 1.85. The number of carbonyl (C=O) groups excluding carboxylic acids is 1. The van der Waals surface area contributed by atoms with E-state index < -0.39 is 0 Å². The van der Waals surface area contributed by atoms with E-state index in [0.29, 0.717) is 12.1 Å². The molecule has 4 heteroatoms. The van der Waals surface area contributed by atoms with E-state index in [9.17, 15) is 4.79 Å². The molecule has 4 nitrogen and oxygen atoms in total. The molecule has 1 fully saturated rings. The number of aryl methyl sites for hydroxylation is 1. The lowest BCUT2D eigenvalue weighted by Gasteiger charge is -2.38.